The first-order valence-electron chi connectivity index (χ1n) is 11.0. The van der Waals surface area contributed by atoms with Gasteiger partial charge in [-0.15, -0.1) is 23.1 Å². The second-order valence-electron chi connectivity index (χ2n) is 8.41. The molecule has 5 nitrogen and oxygen atoms in total. The Hall–Kier alpha value is -2.79. The number of anilines is 2. The Bertz CT molecular complexity index is 1280. The maximum absolute atomic E-state index is 12.9. The van der Waals surface area contributed by atoms with E-state index < -0.39 is 0 Å². The monoisotopic (exact) mass is 509 g/mol. The van der Waals surface area contributed by atoms with Gasteiger partial charge in [0.05, 0.1) is 10.8 Å². The van der Waals surface area contributed by atoms with Crippen molar-refractivity contribution in [2.75, 3.05) is 10.6 Å². The van der Waals surface area contributed by atoms with E-state index in [2.05, 4.69) is 23.6 Å². The van der Waals surface area contributed by atoms with E-state index in [-0.39, 0.29) is 17.1 Å². The predicted octanol–water partition coefficient (Wildman–Crippen LogP) is 6.77. The van der Waals surface area contributed by atoms with Crippen LogP contribution in [0.3, 0.4) is 0 Å². The third-order valence-corrected chi connectivity index (χ3v) is 8.22. The average Bonchev–Trinajstić information content (AvgIpc) is 3.15. The molecule has 2 N–H and O–H groups in total. The quantitative estimate of drug-likeness (QED) is 0.359. The lowest BCUT2D eigenvalue weighted by Gasteiger charge is -2.17. The highest BCUT2D eigenvalue weighted by atomic mass is 35.5. The zero-order valence-electron chi connectivity index (χ0n) is 18.9. The Labute approximate surface area is 212 Å². The van der Waals surface area contributed by atoms with Crippen LogP contribution in [0.15, 0.2) is 53.4 Å². The highest BCUT2D eigenvalue weighted by Crippen LogP contribution is 2.39. The first-order valence-corrected chi connectivity index (χ1v) is 13.1. The molecular formula is C26H24ClN3O2S2. The van der Waals surface area contributed by atoms with Gasteiger partial charge in [-0.3, -0.25) is 9.59 Å². The van der Waals surface area contributed by atoms with Crippen LogP contribution in [0, 0.1) is 17.2 Å². The number of benzene rings is 2. The maximum Gasteiger partial charge on any atom is 0.255 e. The molecule has 0 saturated heterocycles. The van der Waals surface area contributed by atoms with E-state index in [1.165, 1.54) is 28.0 Å². The van der Waals surface area contributed by atoms with Crippen LogP contribution in [0.5, 0.6) is 0 Å². The van der Waals surface area contributed by atoms with Gasteiger partial charge < -0.3 is 10.6 Å². The number of rotatable bonds is 6. The molecule has 1 heterocycles. The van der Waals surface area contributed by atoms with Crippen molar-refractivity contribution >= 4 is 57.2 Å². The lowest BCUT2D eigenvalue weighted by Crippen LogP contribution is -2.22. The molecular weight excluding hydrogens is 486 g/mol. The van der Waals surface area contributed by atoms with Crippen LogP contribution in [0.2, 0.25) is 5.02 Å². The van der Waals surface area contributed by atoms with E-state index in [0.29, 0.717) is 32.8 Å². The summed E-state index contributed by atoms with van der Waals surface area (Å²) in [4.78, 5) is 27.5. The van der Waals surface area contributed by atoms with Gasteiger partial charge >= 0.3 is 0 Å². The zero-order chi connectivity index (χ0) is 24.2. The highest BCUT2D eigenvalue weighted by Gasteiger charge is 2.26. The van der Waals surface area contributed by atoms with E-state index in [1.54, 1.807) is 30.3 Å². The standard InChI is InChI=1S/C26H24ClN3O2S2/c1-15-9-10-21-22(14-28)26(34-23(21)11-15)30-24(31)16(2)33-20-8-4-7-19(13-20)29-25(32)17-5-3-6-18(27)12-17/h3-8,12-13,15-16H,9-11H2,1-2H3,(H,29,32)(H,30,31). The Morgan fingerprint density at radius 3 is 2.76 bits per heavy atom. The molecule has 174 valence electrons. The molecule has 1 aliphatic rings. The molecule has 2 aromatic carbocycles. The normalized spacial score (nSPS) is 15.6. The number of hydrogen-bond acceptors (Lipinski definition) is 5. The molecule has 4 rings (SSSR count). The smallest absolute Gasteiger partial charge is 0.255 e. The predicted molar refractivity (Wildman–Crippen MR) is 140 cm³/mol. The van der Waals surface area contributed by atoms with Crippen molar-refractivity contribution in [2.45, 2.75) is 43.3 Å². The summed E-state index contributed by atoms with van der Waals surface area (Å²) in [5.41, 5.74) is 2.82. The van der Waals surface area contributed by atoms with Crippen LogP contribution in [0.25, 0.3) is 0 Å². The molecule has 1 aromatic heterocycles. The van der Waals surface area contributed by atoms with Crippen LogP contribution in [0.4, 0.5) is 10.7 Å². The van der Waals surface area contributed by atoms with Crippen molar-refractivity contribution in [3.63, 3.8) is 0 Å². The van der Waals surface area contributed by atoms with Crippen LogP contribution in [-0.4, -0.2) is 17.1 Å². The van der Waals surface area contributed by atoms with E-state index in [4.69, 9.17) is 11.6 Å². The van der Waals surface area contributed by atoms with Crippen LogP contribution in [0.1, 0.15) is 46.6 Å². The summed E-state index contributed by atoms with van der Waals surface area (Å²) < 4.78 is 0. The number of hydrogen-bond donors (Lipinski definition) is 2. The molecule has 0 radical (unpaired) electrons. The Morgan fingerprint density at radius 2 is 2.00 bits per heavy atom. The number of nitrogens with zero attached hydrogens (tertiary/aromatic N) is 1. The minimum absolute atomic E-state index is 0.151. The topological polar surface area (TPSA) is 82.0 Å². The van der Waals surface area contributed by atoms with Crippen molar-refractivity contribution in [3.8, 4) is 6.07 Å². The third-order valence-electron chi connectivity index (χ3n) is 5.72. The average molecular weight is 510 g/mol. The second-order valence-corrected chi connectivity index (χ2v) is 11.4. The number of carbonyl (C=O) groups excluding carboxylic acids is 2. The van der Waals surface area contributed by atoms with Crippen molar-refractivity contribution in [2.24, 2.45) is 5.92 Å². The number of thiophene rings is 1. The molecule has 0 bridgehead atoms. The fourth-order valence-corrected chi connectivity index (χ4v) is 6.39. The summed E-state index contributed by atoms with van der Waals surface area (Å²) in [5.74, 6) is 0.194. The first kappa shape index (κ1) is 24.3. The number of halogens is 1. The molecule has 0 spiro atoms. The summed E-state index contributed by atoms with van der Waals surface area (Å²) in [6, 6.07) is 16.4. The summed E-state index contributed by atoms with van der Waals surface area (Å²) in [5, 5.41) is 16.3. The molecule has 0 fully saturated rings. The van der Waals surface area contributed by atoms with Gasteiger partial charge in [-0.1, -0.05) is 30.7 Å². The van der Waals surface area contributed by atoms with Crippen LogP contribution in [-0.2, 0) is 17.6 Å². The number of fused-ring (bicyclic) bond motifs is 1. The van der Waals surface area contributed by atoms with Crippen molar-refractivity contribution in [1.29, 1.82) is 5.26 Å². The van der Waals surface area contributed by atoms with Crippen molar-refractivity contribution < 1.29 is 9.59 Å². The first-order chi connectivity index (χ1) is 16.3. The Morgan fingerprint density at radius 1 is 1.21 bits per heavy atom. The number of amides is 2. The van der Waals surface area contributed by atoms with E-state index in [0.717, 1.165) is 29.7 Å². The summed E-state index contributed by atoms with van der Waals surface area (Å²) in [6.45, 7) is 4.05. The fraction of sp³-hybridized carbons (Fsp3) is 0.269. The molecule has 1 aliphatic carbocycles. The van der Waals surface area contributed by atoms with Crippen LogP contribution >= 0.6 is 34.7 Å². The van der Waals surface area contributed by atoms with Gasteiger partial charge in [0.2, 0.25) is 5.91 Å². The fourth-order valence-electron chi connectivity index (χ4n) is 3.91. The minimum Gasteiger partial charge on any atom is -0.322 e. The van der Waals surface area contributed by atoms with Gasteiger partial charge in [0, 0.05) is 26.0 Å². The van der Waals surface area contributed by atoms with Gasteiger partial charge in [-0.05, 0) is 74.1 Å². The SMILES string of the molecule is CC1CCc2c(sc(NC(=O)C(C)Sc3cccc(NC(=O)c4cccc(Cl)c4)c3)c2C#N)C1. The number of nitrogens with one attached hydrogen (secondary N) is 2. The summed E-state index contributed by atoms with van der Waals surface area (Å²) >= 11 is 8.90. The van der Waals surface area contributed by atoms with Crippen molar-refractivity contribution in [3.05, 3.63) is 75.1 Å². The molecule has 2 unspecified atom stereocenters. The third kappa shape index (κ3) is 5.64. The number of thioether (sulfide) groups is 1. The molecule has 34 heavy (non-hydrogen) atoms. The van der Waals surface area contributed by atoms with Crippen molar-refractivity contribution in [1.82, 2.24) is 0 Å². The molecule has 2 atom stereocenters. The summed E-state index contributed by atoms with van der Waals surface area (Å²) in [6.07, 6.45) is 2.93. The van der Waals surface area contributed by atoms with Gasteiger partial charge in [-0.25, -0.2) is 0 Å². The van der Waals surface area contributed by atoms with Gasteiger partial charge in [0.25, 0.3) is 5.91 Å². The van der Waals surface area contributed by atoms with E-state index >= 15 is 0 Å². The number of nitriles is 1. The van der Waals surface area contributed by atoms with Gasteiger partial charge in [-0.2, -0.15) is 5.26 Å². The Kier molecular flexibility index (Phi) is 7.62. The van der Waals surface area contributed by atoms with E-state index in [1.807, 2.05) is 25.1 Å². The lowest BCUT2D eigenvalue weighted by molar-refractivity contribution is -0.115. The number of carbonyl (C=O) groups is 2. The minimum atomic E-state index is -0.386. The van der Waals surface area contributed by atoms with Gasteiger partial charge in [0.15, 0.2) is 0 Å². The lowest BCUT2D eigenvalue weighted by atomic mass is 9.89. The summed E-state index contributed by atoms with van der Waals surface area (Å²) in [7, 11) is 0. The van der Waals surface area contributed by atoms with Crippen LogP contribution < -0.4 is 10.6 Å². The van der Waals surface area contributed by atoms with Gasteiger partial charge in [0.1, 0.15) is 11.1 Å². The van der Waals surface area contributed by atoms with E-state index in [9.17, 15) is 14.9 Å². The highest BCUT2D eigenvalue weighted by molar-refractivity contribution is 8.00. The maximum atomic E-state index is 12.9. The second kappa shape index (κ2) is 10.6. The molecule has 3 aromatic rings. The molecule has 2 amide bonds. The molecule has 0 aliphatic heterocycles. The molecule has 8 heteroatoms. The Balaban J connectivity index is 1.41. The molecule has 0 saturated carbocycles. The largest absolute Gasteiger partial charge is 0.322 e. The zero-order valence-corrected chi connectivity index (χ0v) is 21.2.